The number of rotatable bonds is 5. The molecule has 0 aliphatic rings. The Bertz CT molecular complexity index is 479. The van der Waals surface area contributed by atoms with Crippen molar-refractivity contribution in [2.45, 2.75) is 26.3 Å². The van der Waals surface area contributed by atoms with E-state index in [1.165, 1.54) is 0 Å². The molecule has 90 valence electrons. The highest BCUT2D eigenvalue weighted by Crippen LogP contribution is 2.10. The van der Waals surface area contributed by atoms with Crippen LogP contribution in [0.15, 0.2) is 11.6 Å². The number of aromatic amines is 1. The summed E-state index contributed by atoms with van der Waals surface area (Å²) in [5, 5.41) is 15.7. The second-order valence-electron chi connectivity index (χ2n) is 3.50. The standard InChI is InChI=1S/C10H13N5OS/c1-2-10-13-7(6-17-10)3-9(16)11-4-8-5-12-15-14-8/h5-6H,2-4H2,1H3,(H,11,16)(H,12,14,15). The smallest absolute Gasteiger partial charge is 0.226 e. The number of hydrogen-bond acceptors (Lipinski definition) is 5. The number of hydrogen-bond donors (Lipinski definition) is 2. The van der Waals surface area contributed by atoms with Crippen LogP contribution in [-0.4, -0.2) is 26.3 Å². The van der Waals surface area contributed by atoms with E-state index in [9.17, 15) is 4.79 Å². The first-order valence-electron chi connectivity index (χ1n) is 5.32. The van der Waals surface area contributed by atoms with Gasteiger partial charge in [-0.2, -0.15) is 15.4 Å². The average molecular weight is 251 g/mol. The van der Waals surface area contributed by atoms with Gasteiger partial charge in [0.15, 0.2) is 0 Å². The van der Waals surface area contributed by atoms with E-state index < -0.39 is 0 Å². The van der Waals surface area contributed by atoms with Crippen molar-refractivity contribution >= 4 is 17.2 Å². The molecular weight excluding hydrogens is 238 g/mol. The number of nitrogens with zero attached hydrogens (tertiary/aromatic N) is 3. The number of H-pyrrole nitrogens is 1. The Labute approximate surface area is 102 Å². The molecule has 0 fully saturated rings. The van der Waals surface area contributed by atoms with Gasteiger partial charge in [0.05, 0.1) is 29.9 Å². The van der Waals surface area contributed by atoms with Crippen LogP contribution in [0, 0.1) is 0 Å². The van der Waals surface area contributed by atoms with Crippen molar-refractivity contribution in [1.82, 2.24) is 25.7 Å². The maximum atomic E-state index is 11.6. The van der Waals surface area contributed by atoms with E-state index in [4.69, 9.17) is 0 Å². The molecule has 0 atom stereocenters. The monoisotopic (exact) mass is 251 g/mol. The maximum Gasteiger partial charge on any atom is 0.226 e. The molecule has 0 aliphatic carbocycles. The lowest BCUT2D eigenvalue weighted by Crippen LogP contribution is -2.24. The van der Waals surface area contributed by atoms with Gasteiger partial charge < -0.3 is 5.32 Å². The zero-order valence-electron chi connectivity index (χ0n) is 9.43. The molecule has 2 heterocycles. The molecule has 7 heteroatoms. The number of nitrogens with one attached hydrogen (secondary N) is 2. The zero-order valence-corrected chi connectivity index (χ0v) is 10.3. The van der Waals surface area contributed by atoms with Gasteiger partial charge in [0.25, 0.3) is 0 Å². The van der Waals surface area contributed by atoms with Crippen LogP contribution in [0.5, 0.6) is 0 Å². The van der Waals surface area contributed by atoms with Crippen LogP contribution in [0.25, 0.3) is 0 Å². The fraction of sp³-hybridized carbons (Fsp3) is 0.400. The van der Waals surface area contributed by atoms with Crippen LogP contribution >= 0.6 is 11.3 Å². The van der Waals surface area contributed by atoms with Gasteiger partial charge in [-0.3, -0.25) is 4.79 Å². The number of carbonyl (C=O) groups excluding carboxylic acids is 1. The van der Waals surface area contributed by atoms with Crippen molar-refractivity contribution < 1.29 is 4.79 Å². The van der Waals surface area contributed by atoms with Crippen molar-refractivity contribution in [3.63, 3.8) is 0 Å². The van der Waals surface area contributed by atoms with Gasteiger partial charge in [-0.15, -0.1) is 11.3 Å². The van der Waals surface area contributed by atoms with Crippen LogP contribution in [0.3, 0.4) is 0 Å². The minimum atomic E-state index is -0.0547. The highest BCUT2D eigenvalue weighted by atomic mass is 32.1. The Kier molecular flexibility index (Phi) is 3.81. The van der Waals surface area contributed by atoms with E-state index in [-0.39, 0.29) is 5.91 Å². The van der Waals surface area contributed by atoms with Crippen molar-refractivity contribution in [2.24, 2.45) is 0 Å². The van der Waals surface area contributed by atoms with Crippen LogP contribution in [0.2, 0.25) is 0 Å². The minimum Gasteiger partial charge on any atom is -0.350 e. The van der Waals surface area contributed by atoms with Crippen LogP contribution in [0.4, 0.5) is 0 Å². The largest absolute Gasteiger partial charge is 0.350 e. The molecule has 0 bridgehead atoms. The summed E-state index contributed by atoms with van der Waals surface area (Å²) in [5.74, 6) is -0.0547. The molecule has 2 aromatic heterocycles. The van der Waals surface area contributed by atoms with E-state index in [0.717, 1.165) is 17.1 Å². The van der Waals surface area contributed by atoms with Crippen molar-refractivity contribution in [3.8, 4) is 0 Å². The first-order chi connectivity index (χ1) is 8.28. The Morgan fingerprint density at radius 3 is 3.06 bits per heavy atom. The maximum absolute atomic E-state index is 11.6. The van der Waals surface area contributed by atoms with Crippen LogP contribution in [-0.2, 0) is 24.2 Å². The summed E-state index contributed by atoms with van der Waals surface area (Å²) in [6, 6.07) is 0. The fourth-order valence-corrected chi connectivity index (χ4v) is 2.06. The lowest BCUT2D eigenvalue weighted by molar-refractivity contribution is -0.120. The third kappa shape index (κ3) is 3.35. The highest BCUT2D eigenvalue weighted by molar-refractivity contribution is 7.09. The number of carbonyl (C=O) groups is 1. The molecule has 2 aromatic rings. The topological polar surface area (TPSA) is 83.6 Å². The summed E-state index contributed by atoms with van der Waals surface area (Å²) in [5.41, 5.74) is 1.54. The number of amides is 1. The van der Waals surface area contributed by atoms with Crippen molar-refractivity contribution in [3.05, 3.63) is 28.0 Å². The molecule has 0 unspecified atom stereocenters. The first-order valence-corrected chi connectivity index (χ1v) is 6.20. The SMILES string of the molecule is CCc1nc(CC(=O)NCc2cn[nH]n2)cs1. The highest BCUT2D eigenvalue weighted by Gasteiger charge is 2.07. The molecular formula is C10H13N5OS. The quantitative estimate of drug-likeness (QED) is 0.818. The van der Waals surface area contributed by atoms with Gasteiger partial charge >= 0.3 is 0 Å². The van der Waals surface area contributed by atoms with Gasteiger partial charge in [-0.05, 0) is 6.42 Å². The number of aromatic nitrogens is 4. The van der Waals surface area contributed by atoms with Crippen molar-refractivity contribution in [2.75, 3.05) is 0 Å². The van der Waals surface area contributed by atoms with E-state index in [1.54, 1.807) is 17.5 Å². The van der Waals surface area contributed by atoms with E-state index in [0.29, 0.717) is 18.7 Å². The van der Waals surface area contributed by atoms with Gasteiger partial charge in [0.2, 0.25) is 5.91 Å². The number of aryl methyl sites for hydroxylation is 1. The molecule has 2 N–H and O–H groups in total. The van der Waals surface area contributed by atoms with Gasteiger partial charge in [0, 0.05) is 5.38 Å². The third-order valence-corrected chi connectivity index (χ3v) is 3.22. The summed E-state index contributed by atoms with van der Waals surface area (Å²) in [4.78, 5) is 15.9. The van der Waals surface area contributed by atoms with Crippen LogP contribution < -0.4 is 5.32 Å². The molecule has 0 aromatic carbocycles. The summed E-state index contributed by atoms with van der Waals surface area (Å²) >= 11 is 1.59. The Morgan fingerprint density at radius 2 is 2.41 bits per heavy atom. The molecule has 17 heavy (non-hydrogen) atoms. The molecule has 6 nitrogen and oxygen atoms in total. The Morgan fingerprint density at radius 1 is 1.53 bits per heavy atom. The summed E-state index contributed by atoms with van der Waals surface area (Å²) < 4.78 is 0. The first kappa shape index (κ1) is 11.7. The summed E-state index contributed by atoms with van der Waals surface area (Å²) in [7, 11) is 0. The lowest BCUT2D eigenvalue weighted by Gasteiger charge is -2.00. The molecule has 0 saturated carbocycles. The molecule has 0 saturated heterocycles. The molecule has 0 radical (unpaired) electrons. The Hall–Kier alpha value is -1.76. The summed E-state index contributed by atoms with van der Waals surface area (Å²) in [6.07, 6.45) is 2.80. The minimum absolute atomic E-state index is 0.0547. The van der Waals surface area contributed by atoms with E-state index in [2.05, 4.69) is 25.7 Å². The fourth-order valence-electron chi connectivity index (χ4n) is 1.32. The predicted molar refractivity (Wildman–Crippen MR) is 63.4 cm³/mol. The molecule has 2 rings (SSSR count). The zero-order chi connectivity index (χ0) is 12.1. The Balaban J connectivity index is 1.81. The predicted octanol–water partition coefficient (Wildman–Crippen LogP) is 0.682. The van der Waals surface area contributed by atoms with E-state index in [1.807, 2.05) is 12.3 Å². The van der Waals surface area contributed by atoms with Gasteiger partial charge in [-0.25, -0.2) is 4.98 Å². The van der Waals surface area contributed by atoms with Crippen molar-refractivity contribution in [1.29, 1.82) is 0 Å². The second kappa shape index (κ2) is 5.53. The number of thiazole rings is 1. The van der Waals surface area contributed by atoms with Gasteiger partial charge in [-0.1, -0.05) is 6.92 Å². The molecule has 0 aliphatic heterocycles. The average Bonchev–Trinajstić information content (AvgIpc) is 2.97. The van der Waals surface area contributed by atoms with E-state index >= 15 is 0 Å². The second-order valence-corrected chi connectivity index (χ2v) is 4.44. The molecule has 1 amide bonds. The van der Waals surface area contributed by atoms with Gasteiger partial charge in [0.1, 0.15) is 5.69 Å². The third-order valence-electron chi connectivity index (χ3n) is 2.18. The normalized spacial score (nSPS) is 10.4. The molecule has 0 spiro atoms. The summed E-state index contributed by atoms with van der Waals surface area (Å²) in [6.45, 7) is 2.44. The lowest BCUT2D eigenvalue weighted by atomic mass is 10.3. The van der Waals surface area contributed by atoms with Crippen LogP contribution in [0.1, 0.15) is 23.3 Å².